The Balaban J connectivity index is 2.31. The Morgan fingerprint density at radius 3 is 2.83 bits per heavy atom. The minimum Gasteiger partial charge on any atom is -0.496 e. The number of halogens is 1. The van der Waals surface area contributed by atoms with Crippen LogP contribution >= 0.6 is 15.9 Å². The molecule has 1 heterocycles. The second-order valence-corrected chi connectivity index (χ2v) is 5.25. The third-order valence-corrected chi connectivity index (χ3v) is 3.77. The Morgan fingerprint density at radius 1 is 1.61 bits per heavy atom. The molecular formula is C13H15BrO4. The maximum absolute atomic E-state index is 10.7. The highest BCUT2D eigenvalue weighted by molar-refractivity contribution is 9.10. The van der Waals surface area contributed by atoms with Gasteiger partial charge in [-0.3, -0.25) is 4.79 Å². The van der Waals surface area contributed by atoms with Crippen LogP contribution in [0.3, 0.4) is 0 Å². The summed E-state index contributed by atoms with van der Waals surface area (Å²) < 4.78 is 12.0. The van der Waals surface area contributed by atoms with Crippen LogP contribution in [0.5, 0.6) is 5.75 Å². The van der Waals surface area contributed by atoms with Crippen LogP contribution in [0.15, 0.2) is 22.7 Å². The summed E-state index contributed by atoms with van der Waals surface area (Å²) in [5.41, 5.74) is 0.417. The van der Waals surface area contributed by atoms with E-state index in [9.17, 15) is 4.79 Å². The number of hydrogen-bond donors (Lipinski definition) is 1. The van der Waals surface area contributed by atoms with Crippen LogP contribution in [0.25, 0.3) is 0 Å². The number of benzene rings is 1. The van der Waals surface area contributed by atoms with Crippen LogP contribution in [0.2, 0.25) is 0 Å². The molecule has 0 amide bonds. The fraction of sp³-hybridized carbons (Fsp3) is 0.462. The van der Waals surface area contributed by atoms with Gasteiger partial charge in [-0.1, -0.05) is 15.9 Å². The first-order chi connectivity index (χ1) is 8.57. The minimum atomic E-state index is -0.807. The molecule has 4 nitrogen and oxygen atoms in total. The van der Waals surface area contributed by atoms with Gasteiger partial charge in [0, 0.05) is 22.9 Å². The van der Waals surface area contributed by atoms with Gasteiger partial charge in [0.05, 0.1) is 19.3 Å². The summed E-state index contributed by atoms with van der Waals surface area (Å²) in [7, 11) is 1.61. The highest BCUT2D eigenvalue weighted by Crippen LogP contribution is 2.46. The smallest absolute Gasteiger partial charge is 0.303 e. The van der Waals surface area contributed by atoms with Gasteiger partial charge in [0.1, 0.15) is 5.75 Å². The Morgan fingerprint density at radius 2 is 2.33 bits per heavy atom. The first-order valence-corrected chi connectivity index (χ1v) is 6.56. The molecule has 1 unspecified atom stereocenters. The van der Waals surface area contributed by atoms with Crippen molar-refractivity contribution in [1.29, 1.82) is 0 Å². The Labute approximate surface area is 114 Å². The predicted octanol–water partition coefficient (Wildman–Crippen LogP) is 2.94. The van der Waals surface area contributed by atoms with Crippen molar-refractivity contribution in [3.8, 4) is 5.75 Å². The Kier molecular flexibility index (Phi) is 3.92. The van der Waals surface area contributed by atoms with E-state index in [-0.39, 0.29) is 6.42 Å². The average Bonchev–Trinajstić information content (AvgIpc) is 2.27. The maximum atomic E-state index is 10.7. The monoisotopic (exact) mass is 314 g/mol. The fourth-order valence-electron chi connectivity index (χ4n) is 2.24. The quantitative estimate of drug-likeness (QED) is 0.908. The topological polar surface area (TPSA) is 55.8 Å². The summed E-state index contributed by atoms with van der Waals surface area (Å²) in [5, 5.41) is 8.83. The molecule has 1 fully saturated rings. The van der Waals surface area contributed by atoms with Crippen LogP contribution < -0.4 is 4.74 Å². The molecule has 0 saturated carbocycles. The molecule has 0 spiro atoms. The molecule has 1 aromatic carbocycles. The largest absolute Gasteiger partial charge is 0.496 e. The van der Waals surface area contributed by atoms with Crippen molar-refractivity contribution >= 4 is 21.9 Å². The lowest BCUT2D eigenvalue weighted by Crippen LogP contribution is -2.41. The highest BCUT2D eigenvalue weighted by Gasteiger charge is 2.42. The van der Waals surface area contributed by atoms with E-state index in [4.69, 9.17) is 14.6 Å². The number of methoxy groups -OCH3 is 1. The molecule has 5 heteroatoms. The molecule has 1 aliphatic rings. The fourth-order valence-corrected chi connectivity index (χ4v) is 2.60. The van der Waals surface area contributed by atoms with E-state index in [0.29, 0.717) is 13.0 Å². The lowest BCUT2D eigenvalue weighted by Gasteiger charge is -2.43. The normalized spacial score (nSPS) is 22.3. The molecule has 1 aromatic rings. The SMILES string of the molecule is COc1ccc(Br)cc1C1(CCC(=O)O)CCO1. The number of rotatable bonds is 5. The van der Waals surface area contributed by atoms with Crippen molar-refractivity contribution in [2.24, 2.45) is 0 Å². The first kappa shape index (κ1) is 13.4. The highest BCUT2D eigenvalue weighted by atomic mass is 79.9. The van der Waals surface area contributed by atoms with Crippen LogP contribution in [0.4, 0.5) is 0 Å². The summed E-state index contributed by atoms with van der Waals surface area (Å²) in [4.78, 5) is 10.7. The molecule has 0 aromatic heterocycles. The van der Waals surface area contributed by atoms with Crippen LogP contribution in [-0.2, 0) is 15.1 Å². The average molecular weight is 315 g/mol. The molecular weight excluding hydrogens is 300 g/mol. The van der Waals surface area contributed by atoms with E-state index in [0.717, 1.165) is 22.2 Å². The molecule has 0 radical (unpaired) electrons. The van der Waals surface area contributed by atoms with E-state index in [2.05, 4.69) is 15.9 Å². The molecule has 1 saturated heterocycles. The molecule has 0 aliphatic carbocycles. The van der Waals surface area contributed by atoms with Crippen molar-refractivity contribution in [2.75, 3.05) is 13.7 Å². The first-order valence-electron chi connectivity index (χ1n) is 5.77. The van der Waals surface area contributed by atoms with Crippen molar-refractivity contribution in [3.63, 3.8) is 0 Å². The zero-order chi connectivity index (χ0) is 13.2. The lowest BCUT2D eigenvalue weighted by atomic mass is 9.82. The third-order valence-electron chi connectivity index (χ3n) is 3.28. The van der Waals surface area contributed by atoms with Gasteiger partial charge in [0.2, 0.25) is 0 Å². The summed E-state index contributed by atoms with van der Waals surface area (Å²) in [6, 6.07) is 5.70. The molecule has 18 heavy (non-hydrogen) atoms. The van der Waals surface area contributed by atoms with Crippen molar-refractivity contribution in [3.05, 3.63) is 28.2 Å². The van der Waals surface area contributed by atoms with Gasteiger partial charge in [-0.05, 0) is 24.6 Å². The van der Waals surface area contributed by atoms with Crippen molar-refractivity contribution in [2.45, 2.75) is 24.9 Å². The minimum absolute atomic E-state index is 0.0929. The Hall–Kier alpha value is -1.07. The zero-order valence-electron chi connectivity index (χ0n) is 10.1. The summed E-state index contributed by atoms with van der Waals surface area (Å²) in [5.74, 6) is -0.0675. The van der Waals surface area contributed by atoms with Crippen LogP contribution in [0, 0.1) is 0 Å². The van der Waals surface area contributed by atoms with E-state index in [1.165, 1.54) is 0 Å². The zero-order valence-corrected chi connectivity index (χ0v) is 11.7. The number of carboxylic acid groups (broad SMARTS) is 1. The number of carboxylic acids is 1. The summed E-state index contributed by atoms with van der Waals surface area (Å²) in [6.45, 7) is 0.662. The van der Waals surface area contributed by atoms with Gasteiger partial charge in [-0.2, -0.15) is 0 Å². The molecule has 1 atom stereocenters. The van der Waals surface area contributed by atoms with E-state index in [1.807, 2.05) is 18.2 Å². The number of carbonyl (C=O) groups is 1. The maximum Gasteiger partial charge on any atom is 0.303 e. The van der Waals surface area contributed by atoms with E-state index in [1.54, 1.807) is 7.11 Å². The second kappa shape index (κ2) is 5.28. The lowest BCUT2D eigenvalue weighted by molar-refractivity contribution is -0.166. The van der Waals surface area contributed by atoms with Gasteiger partial charge >= 0.3 is 5.97 Å². The third kappa shape index (κ3) is 2.52. The Bertz CT molecular complexity index is 454. The van der Waals surface area contributed by atoms with Gasteiger partial charge in [-0.25, -0.2) is 0 Å². The molecule has 0 bridgehead atoms. The second-order valence-electron chi connectivity index (χ2n) is 4.33. The molecule has 2 rings (SSSR count). The number of ether oxygens (including phenoxy) is 2. The van der Waals surface area contributed by atoms with Crippen LogP contribution in [-0.4, -0.2) is 24.8 Å². The van der Waals surface area contributed by atoms with E-state index < -0.39 is 11.6 Å². The van der Waals surface area contributed by atoms with Crippen molar-refractivity contribution in [1.82, 2.24) is 0 Å². The van der Waals surface area contributed by atoms with Crippen LogP contribution in [0.1, 0.15) is 24.8 Å². The molecule has 1 N–H and O–H groups in total. The van der Waals surface area contributed by atoms with Crippen molar-refractivity contribution < 1.29 is 19.4 Å². The van der Waals surface area contributed by atoms with Gasteiger partial charge in [-0.15, -0.1) is 0 Å². The standard InChI is InChI=1S/C13H15BrO4/c1-17-11-3-2-9(14)8-10(11)13(6-7-18-13)5-4-12(15)16/h2-3,8H,4-7H2,1H3,(H,15,16). The van der Waals surface area contributed by atoms with E-state index >= 15 is 0 Å². The molecule has 1 aliphatic heterocycles. The summed E-state index contributed by atoms with van der Waals surface area (Å²) in [6.07, 6.45) is 1.39. The molecule has 98 valence electrons. The summed E-state index contributed by atoms with van der Waals surface area (Å²) >= 11 is 3.42. The van der Waals surface area contributed by atoms with Gasteiger partial charge < -0.3 is 14.6 Å². The van der Waals surface area contributed by atoms with Gasteiger partial charge in [0.15, 0.2) is 0 Å². The van der Waals surface area contributed by atoms with Gasteiger partial charge in [0.25, 0.3) is 0 Å². The number of hydrogen-bond acceptors (Lipinski definition) is 3. The number of aliphatic carboxylic acids is 1. The predicted molar refractivity (Wildman–Crippen MR) is 69.8 cm³/mol.